The van der Waals surface area contributed by atoms with E-state index in [1.807, 2.05) is 50.6 Å². The number of benzene rings is 8. The first-order valence-corrected chi connectivity index (χ1v) is 38.0. The molecule has 0 saturated carbocycles. The standard InChI is InChI=1S/C70H96O2P2.C15H13.F6P.Pd/c1-63(2,3)45-33-46(64(4,5)6)38-53(37-45)73(54-39-47(65(7,8)9)34-48(40-54)66(10,11)12)59-31-27-29-57(71-25)61(59)62-58(72-26)30-28-32-60(62)74(55-41-49(67(13,14)15)35-50(42-55)68(16,17)18)56-43-51(69(19,20)21)36-52(44-56)70(22,23)24;1-3-8-14(9-4-1)12-7-13-15-10-5-2-6-11-15;1-7(2,3,4,5)6;/h27-44H,1-26H3;1-13H;;/q;;-1;+2. The summed E-state index contributed by atoms with van der Waals surface area (Å²) < 4.78 is 72.7. The van der Waals surface area contributed by atoms with E-state index in [-0.39, 0.29) is 63.7 Å². The second-order valence-electron chi connectivity index (χ2n) is 33.8. The van der Waals surface area contributed by atoms with Gasteiger partial charge in [-0.1, -0.05) is 324 Å². The first-order valence-electron chi connectivity index (χ1n) is 33.3. The van der Waals surface area contributed by atoms with Crippen molar-refractivity contribution in [2.45, 2.75) is 209 Å². The summed E-state index contributed by atoms with van der Waals surface area (Å²) in [4.78, 5) is 0. The molecule has 0 spiro atoms. The molecule has 0 aromatic heterocycles. The molecule has 0 fully saturated rings. The van der Waals surface area contributed by atoms with Crippen LogP contribution in [-0.4, -0.2) is 14.2 Å². The molecule has 8 aromatic carbocycles. The Morgan fingerprint density at radius 2 is 0.485 bits per heavy atom. The van der Waals surface area contributed by atoms with Crippen LogP contribution in [0.3, 0.4) is 0 Å². The largest absolute Gasteiger partial charge is 2.00 e. The predicted octanol–water partition coefficient (Wildman–Crippen LogP) is 24.3. The van der Waals surface area contributed by atoms with E-state index in [0.717, 1.165) is 22.6 Å². The van der Waals surface area contributed by atoms with Crippen molar-refractivity contribution >= 4 is 55.5 Å². The molecule has 3 radical (unpaired) electrons. The van der Waals surface area contributed by atoms with Crippen LogP contribution in [0.1, 0.15) is 222 Å². The van der Waals surface area contributed by atoms with Crippen LogP contribution in [0.25, 0.3) is 11.1 Å². The third-order valence-corrected chi connectivity index (χ3v) is 21.8. The molecule has 8 rings (SSSR count). The maximum atomic E-state index is 9.87. The number of hydrogen-bond donors (Lipinski definition) is 0. The topological polar surface area (TPSA) is 18.5 Å². The average molecular weight is 1480 g/mol. The maximum Gasteiger partial charge on any atom is 2.00 e. The van der Waals surface area contributed by atoms with Gasteiger partial charge in [-0.3, -0.25) is 0 Å². The van der Waals surface area contributed by atoms with Gasteiger partial charge >= 0.3 is 53.4 Å². The second kappa shape index (κ2) is 29.8. The summed E-state index contributed by atoms with van der Waals surface area (Å²) in [6.45, 7) is 56.6. The fourth-order valence-electron chi connectivity index (χ4n) is 10.9. The molecule has 0 bridgehead atoms. The van der Waals surface area contributed by atoms with Crippen molar-refractivity contribution in [3.8, 4) is 22.6 Å². The Hall–Kier alpha value is -5.11. The van der Waals surface area contributed by atoms with Crippen LogP contribution in [0.2, 0.25) is 0 Å². The summed E-state index contributed by atoms with van der Waals surface area (Å²) in [5.74, 6) is 1.69. The van der Waals surface area contributed by atoms with Crippen LogP contribution in [0.5, 0.6) is 11.5 Å². The fourth-order valence-corrected chi connectivity index (χ4v) is 16.1. The van der Waals surface area contributed by atoms with E-state index in [1.165, 1.54) is 87.5 Å². The Morgan fingerprint density at radius 1 is 0.289 bits per heavy atom. The number of methoxy groups -OCH3 is 2. The van der Waals surface area contributed by atoms with Gasteiger partial charge in [-0.25, -0.2) is 0 Å². The molecule has 0 aliphatic rings. The molecule has 0 heterocycles. The minimum atomic E-state index is -10.7. The zero-order valence-electron chi connectivity index (χ0n) is 62.6. The van der Waals surface area contributed by atoms with E-state index in [1.54, 1.807) is 0 Å². The zero-order valence-corrected chi connectivity index (χ0v) is 66.9. The summed E-state index contributed by atoms with van der Waals surface area (Å²) in [6.07, 6.45) is 6.28. The Balaban J connectivity index is 0.000000622. The van der Waals surface area contributed by atoms with Crippen molar-refractivity contribution in [3.63, 3.8) is 0 Å². The first kappa shape index (κ1) is 82.6. The molecule has 12 heteroatoms. The van der Waals surface area contributed by atoms with E-state index in [2.05, 4.69) is 319 Å². The second-order valence-corrected chi connectivity index (χ2v) is 40.0. The van der Waals surface area contributed by atoms with Crippen molar-refractivity contribution in [2.24, 2.45) is 0 Å². The molecular formula is C85H109F6O2P3Pd+. The van der Waals surface area contributed by atoms with Crippen molar-refractivity contribution in [2.75, 3.05) is 14.2 Å². The SMILES string of the molecule is COc1cccc(P(c2cc(C(C)(C)C)cc(C(C)(C)C)c2)c2cc(C(C)(C)C)cc(C(C)(C)C)c2)c1-c1c(OC)cccc1P(c1cc(C(C)(C)C)cc(C(C)(C)C)c1)c1cc(C(C)(C)C)cc(C(C)(C)C)c1.F[P-](F)(F)(F)(F)F.[CH]([CH]c1ccccc1)[CH]c1ccccc1.[Pd+2]. The molecule has 527 valence electrons. The molecule has 97 heavy (non-hydrogen) atoms. The van der Waals surface area contributed by atoms with Crippen LogP contribution < -0.4 is 41.3 Å². The minimum absolute atomic E-state index is 0. The number of rotatable bonds is 13. The van der Waals surface area contributed by atoms with Crippen LogP contribution in [0, 0.1) is 19.3 Å². The van der Waals surface area contributed by atoms with Gasteiger partial charge in [0.05, 0.1) is 14.2 Å². The Labute approximate surface area is 597 Å². The summed E-state index contributed by atoms with van der Waals surface area (Å²) in [5.41, 5.74) is 14.8. The molecule has 0 unspecified atom stereocenters. The smallest absolute Gasteiger partial charge is 0.0622 e. The van der Waals surface area contributed by atoms with E-state index < -0.39 is 23.7 Å². The molecule has 0 atom stereocenters. The average Bonchev–Trinajstić information content (AvgIpc) is 0.734. The van der Waals surface area contributed by atoms with Gasteiger partial charge in [-0.15, -0.1) is 0 Å². The number of halogens is 6. The van der Waals surface area contributed by atoms with E-state index in [4.69, 9.17) is 9.47 Å². The molecule has 0 saturated heterocycles. The predicted molar refractivity (Wildman–Crippen MR) is 410 cm³/mol. The quantitative estimate of drug-likeness (QED) is 0.0651. The van der Waals surface area contributed by atoms with Crippen LogP contribution in [0.15, 0.2) is 170 Å². The summed E-state index contributed by atoms with van der Waals surface area (Å²) in [6, 6.07) is 64.4. The Morgan fingerprint density at radius 3 is 0.660 bits per heavy atom. The molecule has 2 nitrogen and oxygen atoms in total. The summed E-state index contributed by atoms with van der Waals surface area (Å²) in [7, 11) is -9.42. The molecule has 0 amide bonds. The van der Waals surface area contributed by atoms with E-state index >= 15 is 0 Å². The van der Waals surface area contributed by atoms with Gasteiger partial charge in [0, 0.05) is 11.1 Å². The summed E-state index contributed by atoms with van der Waals surface area (Å²) >= 11 is 0. The Kier molecular flexibility index (Phi) is 25.4. The number of ether oxygens (including phenoxy) is 2. The van der Waals surface area contributed by atoms with Crippen LogP contribution >= 0.6 is 23.7 Å². The van der Waals surface area contributed by atoms with Crippen molar-refractivity contribution in [3.05, 3.63) is 245 Å². The molecular weight excluding hydrogens is 1370 g/mol. The Bertz CT molecular complexity index is 3420. The van der Waals surface area contributed by atoms with Crippen molar-refractivity contribution in [1.82, 2.24) is 0 Å². The van der Waals surface area contributed by atoms with Crippen molar-refractivity contribution in [1.29, 1.82) is 0 Å². The number of hydrogen-bond acceptors (Lipinski definition) is 2. The summed E-state index contributed by atoms with van der Waals surface area (Å²) in [5, 5.41) is 7.89. The maximum absolute atomic E-state index is 10.7. The van der Waals surface area contributed by atoms with Crippen LogP contribution in [-0.2, 0) is 63.7 Å². The van der Waals surface area contributed by atoms with Gasteiger partial charge in [0.2, 0.25) is 0 Å². The third kappa shape index (κ3) is 24.0. The van der Waals surface area contributed by atoms with Crippen LogP contribution in [0.4, 0.5) is 25.2 Å². The van der Waals surface area contributed by atoms with Crippen molar-refractivity contribution < 1.29 is 55.1 Å². The third-order valence-electron chi connectivity index (χ3n) is 17.0. The van der Waals surface area contributed by atoms with E-state index in [9.17, 15) is 25.2 Å². The van der Waals surface area contributed by atoms with Gasteiger partial charge in [-0.2, -0.15) is 0 Å². The molecule has 0 N–H and O–H groups in total. The van der Waals surface area contributed by atoms with Gasteiger partial charge < -0.3 is 9.47 Å². The minimum Gasteiger partial charge on any atom is -0.0622 e. The normalized spacial score (nSPS) is 13.5. The zero-order chi connectivity index (χ0) is 72.4. The van der Waals surface area contributed by atoms with Gasteiger partial charge in [0.1, 0.15) is 11.5 Å². The molecule has 0 aliphatic heterocycles. The molecule has 8 aromatic rings. The molecule has 0 aliphatic carbocycles. The first-order chi connectivity index (χ1) is 43.5. The van der Waals surface area contributed by atoms with Gasteiger partial charge in [0.25, 0.3) is 0 Å². The monoisotopic (exact) mass is 1470 g/mol. The van der Waals surface area contributed by atoms with Gasteiger partial charge in [0.15, 0.2) is 0 Å². The van der Waals surface area contributed by atoms with Gasteiger partial charge in [-0.05, 0) is 178 Å². The van der Waals surface area contributed by atoms with E-state index in [0.29, 0.717) is 0 Å². The fraction of sp³-hybridized carbons (Fsp3) is 0.400.